The number of hydrogen-bond donors (Lipinski definition) is 0. The second kappa shape index (κ2) is 4.19. The molecule has 0 atom stereocenters. The van der Waals surface area contributed by atoms with Gasteiger partial charge in [-0.1, -0.05) is 23.2 Å². The summed E-state index contributed by atoms with van der Waals surface area (Å²) < 4.78 is 1.52. The van der Waals surface area contributed by atoms with E-state index in [0.717, 1.165) is 0 Å². The third kappa shape index (κ3) is 2.19. The number of carbonyl (C=O) groups is 1. The predicted octanol–water partition coefficient (Wildman–Crippen LogP) is 1.60. The van der Waals surface area contributed by atoms with Gasteiger partial charge in [-0.3, -0.25) is 9.48 Å². The van der Waals surface area contributed by atoms with Gasteiger partial charge in [0.25, 0.3) is 5.91 Å². The minimum absolute atomic E-state index is 0.153. The van der Waals surface area contributed by atoms with Gasteiger partial charge in [-0.25, -0.2) is 0 Å². The fraction of sp³-hybridized carbons (Fsp3) is 0.500. The molecule has 0 bridgehead atoms. The van der Waals surface area contributed by atoms with Gasteiger partial charge in [-0.05, 0) is 0 Å². The molecular weight excluding hydrogens is 225 g/mol. The number of alkyl halides is 2. The van der Waals surface area contributed by atoms with Crippen molar-refractivity contribution in [2.75, 3.05) is 14.1 Å². The maximum absolute atomic E-state index is 11.6. The van der Waals surface area contributed by atoms with E-state index in [-0.39, 0.29) is 5.91 Å². The molecule has 0 saturated carbocycles. The third-order valence-electron chi connectivity index (χ3n) is 1.70. The highest BCUT2D eigenvalue weighted by Gasteiger charge is 2.21. The standard InChI is InChI=1S/C8H11Cl2N3O/c1-12(2)8(14)5-4-13(3)11-6(5)7(9)10/h4,7H,1-3H3. The van der Waals surface area contributed by atoms with Crippen LogP contribution in [0.3, 0.4) is 0 Å². The molecule has 1 aromatic heterocycles. The minimum atomic E-state index is -0.782. The third-order valence-corrected chi connectivity index (χ3v) is 2.11. The van der Waals surface area contributed by atoms with E-state index in [1.165, 1.54) is 9.58 Å². The van der Waals surface area contributed by atoms with Crippen LogP contribution < -0.4 is 0 Å². The lowest BCUT2D eigenvalue weighted by Gasteiger charge is -2.09. The van der Waals surface area contributed by atoms with Crippen LogP contribution in [-0.4, -0.2) is 34.7 Å². The molecule has 0 N–H and O–H groups in total. The summed E-state index contributed by atoms with van der Waals surface area (Å²) in [5.74, 6) is -0.153. The van der Waals surface area contributed by atoms with Crippen molar-refractivity contribution >= 4 is 29.1 Å². The molecule has 0 spiro atoms. The Balaban J connectivity index is 3.13. The average Bonchev–Trinajstić information content (AvgIpc) is 2.45. The lowest BCUT2D eigenvalue weighted by Crippen LogP contribution is -2.22. The molecule has 0 aliphatic carbocycles. The first-order chi connectivity index (χ1) is 6.43. The van der Waals surface area contributed by atoms with Gasteiger partial charge in [0.2, 0.25) is 0 Å². The molecule has 4 nitrogen and oxygen atoms in total. The number of nitrogens with zero attached hydrogens (tertiary/aromatic N) is 3. The number of amides is 1. The van der Waals surface area contributed by atoms with Crippen molar-refractivity contribution in [1.29, 1.82) is 0 Å². The SMILES string of the molecule is CN(C)C(=O)c1cn(C)nc1C(Cl)Cl. The van der Waals surface area contributed by atoms with Crippen molar-refractivity contribution in [3.63, 3.8) is 0 Å². The Kier molecular flexibility index (Phi) is 3.39. The van der Waals surface area contributed by atoms with Crippen LogP contribution >= 0.6 is 23.2 Å². The first kappa shape index (κ1) is 11.3. The Bertz CT molecular complexity index is 346. The zero-order valence-electron chi connectivity index (χ0n) is 8.16. The highest BCUT2D eigenvalue weighted by atomic mass is 35.5. The van der Waals surface area contributed by atoms with Crippen molar-refractivity contribution in [3.8, 4) is 0 Å². The Morgan fingerprint density at radius 3 is 2.57 bits per heavy atom. The number of aryl methyl sites for hydroxylation is 1. The van der Waals surface area contributed by atoms with E-state index in [0.29, 0.717) is 11.3 Å². The molecule has 0 aromatic carbocycles. The molecule has 14 heavy (non-hydrogen) atoms. The van der Waals surface area contributed by atoms with Gasteiger partial charge in [-0.2, -0.15) is 5.10 Å². The van der Waals surface area contributed by atoms with Gasteiger partial charge in [0.15, 0.2) is 4.84 Å². The van der Waals surface area contributed by atoms with Crippen LogP contribution in [0, 0.1) is 0 Å². The van der Waals surface area contributed by atoms with E-state index < -0.39 is 4.84 Å². The topological polar surface area (TPSA) is 38.1 Å². The molecular formula is C8H11Cl2N3O. The normalized spacial score (nSPS) is 10.7. The highest BCUT2D eigenvalue weighted by molar-refractivity contribution is 6.44. The van der Waals surface area contributed by atoms with Gasteiger partial charge in [0, 0.05) is 27.3 Å². The summed E-state index contributed by atoms with van der Waals surface area (Å²) in [5, 5.41) is 4.02. The number of rotatable bonds is 2. The van der Waals surface area contributed by atoms with Gasteiger partial charge in [0.05, 0.1) is 5.56 Å². The van der Waals surface area contributed by atoms with Gasteiger partial charge < -0.3 is 4.90 Å². The van der Waals surface area contributed by atoms with E-state index in [9.17, 15) is 4.79 Å². The summed E-state index contributed by atoms with van der Waals surface area (Å²) in [5.41, 5.74) is 0.835. The smallest absolute Gasteiger partial charge is 0.256 e. The van der Waals surface area contributed by atoms with Crippen LogP contribution in [-0.2, 0) is 7.05 Å². The molecule has 0 aliphatic rings. The van der Waals surface area contributed by atoms with Crippen molar-refractivity contribution < 1.29 is 4.79 Å². The van der Waals surface area contributed by atoms with E-state index >= 15 is 0 Å². The molecule has 1 aromatic rings. The minimum Gasteiger partial charge on any atom is -0.345 e. The fourth-order valence-electron chi connectivity index (χ4n) is 1.07. The maximum Gasteiger partial charge on any atom is 0.256 e. The molecule has 0 saturated heterocycles. The van der Waals surface area contributed by atoms with E-state index in [4.69, 9.17) is 23.2 Å². The molecule has 6 heteroatoms. The molecule has 1 heterocycles. The summed E-state index contributed by atoms with van der Waals surface area (Å²) in [6.07, 6.45) is 1.61. The largest absolute Gasteiger partial charge is 0.345 e. The molecule has 0 radical (unpaired) electrons. The van der Waals surface area contributed by atoms with Gasteiger partial charge in [0.1, 0.15) is 5.69 Å². The van der Waals surface area contributed by atoms with Crippen LogP contribution in [0.4, 0.5) is 0 Å². The quantitative estimate of drug-likeness (QED) is 0.731. The van der Waals surface area contributed by atoms with Crippen LogP contribution in [0.5, 0.6) is 0 Å². The molecule has 0 unspecified atom stereocenters. The second-order valence-corrected chi connectivity index (χ2v) is 4.20. The summed E-state index contributed by atoms with van der Waals surface area (Å²) in [4.78, 5) is 12.3. The van der Waals surface area contributed by atoms with Gasteiger partial charge in [-0.15, -0.1) is 0 Å². The fourth-order valence-corrected chi connectivity index (χ4v) is 1.39. The van der Waals surface area contributed by atoms with E-state index in [2.05, 4.69) is 5.10 Å². The van der Waals surface area contributed by atoms with Crippen LogP contribution in [0.15, 0.2) is 6.20 Å². The first-order valence-corrected chi connectivity index (χ1v) is 4.84. The van der Waals surface area contributed by atoms with Crippen LogP contribution in [0.25, 0.3) is 0 Å². The summed E-state index contributed by atoms with van der Waals surface area (Å²) in [6.45, 7) is 0. The molecule has 1 amide bonds. The number of halogens is 2. The Labute approximate surface area is 92.4 Å². The molecule has 0 fully saturated rings. The maximum atomic E-state index is 11.6. The lowest BCUT2D eigenvalue weighted by molar-refractivity contribution is 0.0826. The summed E-state index contributed by atoms with van der Waals surface area (Å²) in [7, 11) is 5.04. The Morgan fingerprint density at radius 1 is 1.57 bits per heavy atom. The Morgan fingerprint density at radius 2 is 2.14 bits per heavy atom. The van der Waals surface area contributed by atoms with Crippen molar-refractivity contribution in [3.05, 3.63) is 17.5 Å². The zero-order valence-corrected chi connectivity index (χ0v) is 9.67. The monoisotopic (exact) mass is 235 g/mol. The molecule has 78 valence electrons. The first-order valence-electron chi connectivity index (χ1n) is 3.96. The number of hydrogen-bond acceptors (Lipinski definition) is 2. The second-order valence-electron chi connectivity index (χ2n) is 3.10. The van der Waals surface area contributed by atoms with E-state index in [1.807, 2.05) is 0 Å². The van der Waals surface area contributed by atoms with Crippen LogP contribution in [0.1, 0.15) is 20.9 Å². The average molecular weight is 236 g/mol. The van der Waals surface area contributed by atoms with E-state index in [1.54, 1.807) is 27.3 Å². The number of carbonyl (C=O) groups excluding carboxylic acids is 1. The van der Waals surface area contributed by atoms with Gasteiger partial charge >= 0.3 is 0 Å². The Hall–Kier alpha value is -0.740. The summed E-state index contributed by atoms with van der Waals surface area (Å²) >= 11 is 11.4. The highest BCUT2D eigenvalue weighted by Crippen LogP contribution is 2.26. The molecule has 0 aliphatic heterocycles. The summed E-state index contributed by atoms with van der Waals surface area (Å²) in [6, 6.07) is 0. The van der Waals surface area contributed by atoms with Crippen molar-refractivity contribution in [1.82, 2.24) is 14.7 Å². The number of aromatic nitrogens is 2. The molecule has 1 rings (SSSR count). The van der Waals surface area contributed by atoms with Crippen molar-refractivity contribution in [2.24, 2.45) is 7.05 Å². The predicted molar refractivity (Wildman–Crippen MR) is 55.7 cm³/mol. The zero-order chi connectivity index (χ0) is 10.9. The van der Waals surface area contributed by atoms with Crippen LogP contribution in [0.2, 0.25) is 0 Å². The lowest BCUT2D eigenvalue weighted by atomic mass is 10.2. The van der Waals surface area contributed by atoms with Crippen molar-refractivity contribution in [2.45, 2.75) is 4.84 Å².